The van der Waals surface area contributed by atoms with Crippen LogP contribution in [0.5, 0.6) is 5.75 Å². The second-order valence-corrected chi connectivity index (χ2v) is 6.75. The fraction of sp³-hybridized carbons (Fsp3) is 0.333. The zero-order chi connectivity index (χ0) is 18.9. The van der Waals surface area contributed by atoms with E-state index in [-0.39, 0.29) is 5.97 Å². The predicted molar refractivity (Wildman–Crippen MR) is 102 cm³/mol. The van der Waals surface area contributed by atoms with Crippen molar-refractivity contribution in [1.82, 2.24) is 9.55 Å². The molecule has 5 nitrogen and oxygen atoms in total. The van der Waals surface area contributed by atoms with E-state index in [0.717, 1.165) is 27.9 Å². The minimum atomic E-state index is -1.06. The lowest BCUT2D eigenvalue weighted by atomic mass is 10.1. The second kappa shape index (κ2) is 6.83. The van der Waals surface area contributed by atoms with E-state index in [2.05, 4.69) is 16.5 Å². The number of esters is 1. The van der Waals surface area contributed by atoms with Crippen LogP contribution in [0, 0.1) is 6.92 Å². The highest BCUT2D eigenvalue weighted by Gasteiger charge is 2.31. The molecule has 1 aromatic carbocycles. The highest BCUT2D eigenvalue weighted by Crippen LogP contribution is 2.35. The quantitative estimate of drug-likeness (QED) is 0.644. The molecule has 0 unspecified atom stereocenters. The molecule has 0 atom stereocenters. The van der Waals surface area contributed by atoms with Gasteiger partial charge in [0, 0.05) is 35.4 Å². The van der Waals surface area contributed by atoms with E-state index in [1.165, 1.54) is 0 Å². The Kier molecular flexibility index (Phi) is 4.72. The number of pyridine rings is 1. The molecule has 0 fully saturated rings. The van der Waals surface area contributed by atoms with Crippen LogP contribution < -0.4 is 4.74 Å². The Morgan fingerprint density at radius 1 is 1.23 bits per heavy atom. The molecule has 0 radical (unpaired) electrons. The monoisotopic (exact) mass is 352 g/mol. The summed E-state index contributed by atoms with van der Waals surface area (Å²) < 4.78 is 13.2. The number of benzene rings is 1. The number of hydrogen-bond donors (Lipinski definition) is 0. The van der Waals surface area contributed by atoms with E-state index >= 15 is 0 Å². The molecule has 0 spiro atoms. The van der Waals surface area contributed by atoms with Gasteiger partial charge >= 0.3 is 5.97 Å². The first-order chi connectivity index (χ1) is 12.3. The molecule has 0 aliphatic heterocycles. The van der Waals surface area contributed by atoms with Crippen LogP contribution in [0.1, 0.15) is 26.5 Å². The lowest BCUT2D eigenvalue weighted by Crippen LogP contribution is -2.39. The molecular formula is C21H24N2O3. The highest BCUT2D eigenvalue weighted by atomic mass is 16.6. The van der Waals surface area contributed by atoms with Crippen LogP contribution in [0.3, 0.4) is 0 Å². The van der Waals surface area contributed by atoms with Gasteiger partial charge in [-0.1, -0.05) is 6.07 Å². The number of hydrogen-bond acceptors (Lipinski definition) is 4. The van der Waals surface area contributed by atoms with Crippen molar-refractivity contribution in [3.8, 4) is 17.0 Å². The second-order valence-electron chi connectivity index (χ2n) is 6.75. The summed E-state index contributed by atoms with van der Waals surface area (Å²) in [5.41, 5.74) is 3.14. The van der Waals surface area contributed by atoms with Crippen molar-refractivity contribution in [3.63, 3.8) is 0 Å². The summed E-state index contributed by atoms with van der Waals surface area (Å²) in [5, 5.41) is 1.04. The van der Waals surface area contributed by atoms with Gasteiger partial charge in [-0.05, 0) is 58.0 Å². The largest absolute Gasteiger partial charge is 0.476 e. The number of carbonyl (C=O) groups is 1. The summed E-state index contributed by atoms with van der Waals surface area (Å²) in [6, 6.07) is 11.7. The summed E-state index contributed by atoms with van der Waals surface area (Å²) in [6.45, 7) is 7.61. The number of carbonyl (C=O) groups excluding carboxylic acids is 1. The molecule has 3 aromatic rings. The van der Waals surface area contributed by atoms with Gasteiger partial charge in [0.25, 0.3) is 0 Å². The SMILES string of the molecule is CCOC(=O)C(C)(C)Oc1ccc2c(c1)c(-c1ccccn1)c(C)n2C. The molecule has 0 bridgehead atoms. The van der Waals surface area contributed by atoms with Crippen LogP contribution in [-0.2, 0) is 16.6 Å². The Bertz CT molecular complexity index is 943. The molecule has 26 heavy (non-hydrogen) atoms. The standard InChI is InChI=1S/C21H24N2O3/c1-6-25-20(24)21(3,4)26-15-10-11-18-16(13-15)19(14(2)23(18)5)17-9-7-8-12-22-17/h7-13H,6H2,1-5H3. The molecule has 0 saturated heterocycles. The van der Waals surface area contributed by atoms with E-state index in [4.69, 9.17) is 9.47 Å². The molecule has 0 N–H and O–H groups in total. The van der Waals surface area contributed by atoms with Gasteiger partial charge in [-0.2, -0.15) is 0 Å². The number of rotatable bonds is 5. The molecule has 3 rings (SSSR count). The topological polar surface area (TPSA) is 53.4 Å². The maximum Gasteiger partial charge on any atom is 0.349 e. The predicted octanol–water partition coefficient (Wildman–Crippen LogP) is 4.27. The lowest BCUT2D eigenvalue weighted by molar-refractivity contribution is -0.158. The van der Waals surface area contributed by atoms with Crippen molar-refractivity contribution < 1.29 is 14.3 Å². The zero-order valence-corrected chi connectivity index (χ0v) is 15.9. The summed E-state index contributed by atoms with van der Waals surface area (Å²) in [6.07, 6.45) is 1.79. The van der Waals surface area contributed by atoms with Gasteiger partial charge in [0.05, 0.1) is 12.3 Å². The van der Waals surface area contributed by atoms with Crippen molar-refractivity contribution >= 4 is 16.9 Å². The van der Waals surface area contributed by atoms with Crippen LogP contribution in [0.4, 0.5) is 0 Å². The normalized spacial score (nSPS) is 11.6. The fourth-order valence-electron chi connectivity index (χ4n) is 3.09. The first kappa shape index (κ1) is 18.0. The van der Waals surface area contributed by atoms with Crippen molar-refractivity contribution in [3.05, 3.63) is 48.3 Å². The zero-order valence-electron chi connectivity index (χ0n) is 15.9. The minimum absolute atomic E-state index is 0.326. The Labute approximate surface area is 153 Å². The smallest absolute Gasteiger partial charge is 0.349 e. The van der Waals surface area contributed by atoms with Crippen molar-refractivity contribution in [2.45, 2.75) is 33.3 Å². The third-order valence-electron chi connectivity index (χ3n) is 4.52. The van der Waals surface area contributed by atoms with Gasteiger partial charge in [-0.15, -0.1) is 0 Å². The number of aromatic nitrogens is 2. The van der Waals surface area contributed by atoms with Crippen molar-refractivity contribution in [2.75, 3.05) is 6.61 Å². The molecule has 2 heterocycles. The first-order valence-corrected chi connectivity index (χ1v) is 8.72. The number of nitrogens with zero attached hydrogens (tertiary/aromatic N) is 2. The van der Waals surface area contributed by atoms with Gasteiger partial charge in [-0.3, -0.25) is 4.98 Å². The van der Waals surface area contributed by atoms with Crippen molar-refractivity contribution in [2.24, 2.45) is 7.05 Å². The van der Waals surface area contributed by atoms with Gasteiger partial charge in [0.1, 0.15) is 5.75 Å². The van der Waals surface area contributed by atoms with E-state index in [1.54, 1.807) is 27.0 Å². The Morgan fingerprint density at radius 3 is 2.65 bits per heavy atom. The molecule has 0 aliphatic rings. The van der Waals surface area contributed by atoms with Gasteiger partial charge < -0.3 is 14.0 Å². The van der Waals surface area contributed by atoms with Crippen LogP contribution >= 0.6 is 0 Å². The van der Waals surface area contributed by atoms with E-state index in [9.17, 15) is 4.79 Å². The van der Waals surface area contributed by atoms with Crippen LogP contribution in [-0.4, -0.2) is 27.7 Å². The van der Waals surface area contributed by atoms with E-state index in [0.29, 0.717) is 12.4 Å². The van der Waals surface area contributed by atoms with Crippen LogP contribution in [0.25, 0.3) is 22.2 Å². The molecule has 0 saturated carbocycles. The van der Waals surface area contributed by atoms with Crippen LogP contribution in [0.15, 0.2) is 42.6 Å². The fourth-order valence-corrected chi connectivity index (χ4v) is 3.09. The highest BCUT2D eigenvalue weighted by molar-refractivity contribution is 5.98. The number of aryl methyl sites for hydroxylation is 1. The van der Waals surface area contributed by atoms with Gasteiger partial charge in [-0.25, -0.2) is 4.79 Å². The molecule has 0 aliphatic carbocycles. The summed E-state index contributed by atoms with van der Waals surface area (Å²) in [4.78, 5) is 16.6. The Balaban J connectivity index is 2.07. The third-order valence-corrected chi connectivity index (χ3v) is 4.52. The van der Waals surface area contributed by atoms with Crippen LogP contribution in [0.2, 0.25) is 0 Å². The maximum atomic E-state index is 12.1. The average Bonchev–Trinajstić information content (AvgIpc) is 2.86. The Hall–Kier alpha value is -2.82. The third kappa shape index (κ3) is 3.17. The average molecular weight is 352 g/mol. The summed E-state index contributed by atoms with van der Waals surface area (Å²) >= 11 is 0. The van der Waals surface area contributed by atoms with E-state index < -0.39 is 5.60 Å². The Morgan fingerprint density at radius 2 is 2.00 bits per heavy atom. The van der Waals surface area contributed by atoms with Crippen molar-refractivity contribution in [1.29, 1.82) is 0 Å². The minimum Gasteiger partial charge on any atom is -0.476 e. The summed E-state index contributed by atoms with van der Waals surface area (Å²) in [7, 11) is 2.03. The van der Waals surface area contributed by atoms with E-state index in [1.807, 2.05) is 43.4 Å². The number of ether oxygens (including phenoxy) is 2. The summed E-state index contributed by atoms with van der Waals surface area (Å²) in [5.74, 6) is 0.243. The molecule has 2 aromatic heterocycles. The number of fused-ring (bicyclic) bond motifs is 1. The first-order valence-electron chi connectivity index (χ1n) is 8.72. The molecule has 0 amide bonds. The lowest BCUT2D eigenvalue weighted by Gasteiger charge is -2.24. The molecule has 5 heteroatoms. The molecular weight excluding hydrogens is 328 g/mol. The van der Waals surface area contributed by atoms with Gasteiger partial charge in [0.15, 0.2) is 5.60 Å². The molecule has 136 valence electrons. The van der Waals surface area contributed by atoms with Gasteiger partial charge in [0.2, 0.25) is 0 Å². The maximum absolute atomic E-state index is 12.1.